The van der Waals surface area contributed by atoms with E-state index < -0.39 is 17.2 Å². The Kier molecular flexibility index (Phi) is 6.61. The molecule has 2 aliphatic rings. The Balaban J connectivity index is 1.62. The molecular formula is C26H30N2O6. The normalized spacial score (nSPS) is 21.0. The summed E-state index contributed by atoms with van der Waals surface area (Å²) in [5.74, 6) is 0.304. The Morgan fingerprint density at radius 1 is 1.18 bits per heavy atom. The molecule has 0 saturated heterocycles. The van der Waals surface area contributed by atoms with Gasteiger partial charge in [-0.1, -0.05) is 18.2 Å². The minimum atomic E-state index is -1.28. The lowest BCUT2D eigenvalue weighted by atomic mass is 9.80. The summed E-state index contributed by atoms with van der Waals surface area (Å²) in [7, 11) is 0. The number of rotatable bonds is 8. The minimum absolute atomic E-state index is 0.0289. The molecule has 0 aliphatic carbocycles. The van der Waals surface area contributed by atoms with Crippen molar-refractivity contribution in [2.75, 3.05) is 18.5 Å². The van der Waals surface area contributed by atoms with Gasteiger partial charge in [0.2, 0.25) is 5.90 Å². The molecule has 34 heavy (non-hydrogen) atoms. The number of aliphatic imine (C=N–C) groups is 1. The lowest BCUT2D eigenvalue weighted by Gasteiger charge is -2.35. The molecule has 0 saturated carbocycles. The molecule has 2 aromatic carbocycles. The summed E-state index contributed by atoms with van der Waals surface area (Å²) in [5.41, 5.74) is 0.294. The molecule has 8 heteroatoms. The van der Waals surface area contributed by atoms with E-state index in [2.05, 4.69) is 5.32 Å². The van der Waals surface area contributed by atoms with Crippen LogP contribution in [0.15, 0.2) is 53.5 Å². The Labute approximate surface area is 198 Å². The summed E-state index contributed by atoms with van der Waals surface area (Å²) < 4.78 is 17.3. The van der Waals surface area contributed by atoms with Crippen molar-refractivity contribution in [3.8, 4) is 5.75 Å². The fourth-order valence-electron chi connectivity index (χ4n) is 4.10. The number of hydrogen-bond donors (Lipinski definition) is 2. The third-order valence-corrected chi connectivity index (χ3v) is 5.65. The van der Waals surface area contributed by atoms with Gasteiger partial charge in [-0.3, -0.25) is 9.59 Å². The third kappa shape index (κ3) is 4.92. The molecule has 0 spiro atoms. The van der Waals surface area contributed by atoms with E-state index in [1.54, 1.807) is 12.1 Å². The quantitative estimate of drug-likeness (QED) is 0.453. The SMILES string of the molecule is CC(C)(C)OC(=O)CC[C@@]12N=C(c3ccc(OCCCO)cc3)O[C@@H]1c1ccccc1NC2=O. The van der Waals surface area contributed by atoms with Gasteiger partial charge in [-0.25, -0.2) is 4.99 Å². The largest absolute Gasteiger partial charge is 0.494 e. The number of hydrogen-bond acceptors (Lipinski definition) is 7. The number of anilines is 1. The van der Waals surface area contributed by atoms with E-state index in [4.69, 9.17) is 24.3 Å². The first-order valence-electron chi connectivity index (χ1n) is 11.4. The highest BCUT2D eigenvalue weighted by Gasteiger charge is 2.56. The first-order chi connectivity index (χ1) is 16.2. The Hall–Kier alpha value is -3.39. The number of para-hydroxylation sites is 1. The Bertz CT molecular complexity index is 1090. The number of amides is 1. The number of carbonyl (C=O) groups is 2. The van der Waals surface area contributed by atoms with E-state index in [9.17, 15) is 9.59 Å². The zero-order valence-corrected chi connectivity index (χ0v) is 19.7. The van der Waals surface area contributed by atoms with Crippen molar-refractivity contribution in [1.82, 2.24) is 0 Å². The number of fused-ring (bicyclic) bond motifs is 3. The van der Waals surface area contributed by atoms with Crippen LogP contribution in [0.1, 0.15) is 57.3 Å². The molecule has 180 valence electrons. The molecule has 4 rings (SSSR count). The van der Waals surface area contributed by atoms with Crippen molar-refractivity contribution < 1.29 is 28.9 Å². The summed E-state index contributed by atoms with van der Waals surface area (Å²) in [5, 5.41) is 11.8. The van der Waals surface area contributed by atoms with Crippen molar-refractivity contribution in [2.45, 2.75) is 57.3 Å². The first kappa shape index (κ1) is 23.8. The summed E-state index contributed by atoms with van der Waals surface area (Å²) in [6.07, 6.45) is 0.0728. The van der Waals surface area contributed by atoms with Gasteiger partial charge in [-0.15, -0.1) is 0 Å². The number of ether oxygens (including phenoxy) is 3. The number of nitrogens with zero attached hydrogens (tertiary/aromatic N) is 1. The molecule has 0 radical (unpaired) electrons. The van der Waals surface area contributed by atoms with Crippen LogP contribution in [-0.4, -0.2) is 47.2 Å². The highest BCUT2D eigenvalue weighted by Crippen LogP contribution is 2.48. The van der Waals surface area contributed by atoms with Gasteiger partial charge in [0.25, 0.3) is 5.91 Å². The van der Waals surface area contributed by atoms with Gasteiger partial charge in [0.15, 0.2) is 11.6 Å². The maximum atomic E-state index is 13.3. The standard InChI is InChI=1S/C26H30N2O6/c1-25(2,3)34-21(30)13-14-26-22(19-7-4-5-8-20(19)27-24(26)31)33-23(28-26)17-9-11-18(12-10-17)32-16-6-15-29/h4-5,7-12,22,29H,6,13-16H2,1-3H3,(H,27,31)/t22-,26-/m1/s1. The molecule has 0 aromatic heterocycles. The molecule has 0 fully saturated rings. The van der Waals surface area contributed by atoms with E-state index in [1.807, 2.05) is 57.2 Å². The predicted octanol–water partition coefficient (Wildman–Crippen LogP) is 3.78. The number of esters is 1. The van der Waals surface area contributed by atoms with Gasteiger partial charge >= 0.3 is 5.97 Å². The van der Waals surface area contributed by atoms with Crippen LogP contribution >= 0.6 is 0 Å². The highest BCUT2D eigenvalue weighted by atomic mass is 16.6. The second-order valence-electron chi connectivity index (χ2n) is 9.42. The maximum absolute atomic E-state index is 13.3. The average molecular weight is 467 g/mol. The van der Waals surface area contributed by atoms with Crippen LogP contribution in [0.3, 0.4) is 0 Å². The second-order valence-corrected chi connectivity index (χ2v) is 9.42. The van der Waals surface area contributed by atoms with Crippen molar-refractivity contribution in [3.05, 3.63) is 59.7 Å². The molecule has 2 aliphatic heterocycles. The van der Waals surface area contributed by atoms with Crippen molar-refractivity contribution in [2.24, 2.45) is 4.99 Å². The molecule has 2 N–H and O–H groups in total. The van der Waals surface area contributed by atoms with E-state index in [0.717, 1.165) is 5.56 Å². The van der Waals surface area contributed by atoms with Gasteiger partial charge in [0.1, 0.15) is 11.4 Å². The molecule has 2 atom stereocenters. The van der Waals surface area contributed by atoms with E-state index in [0.29, 0.717) is 35.9 Å². The number of benzene rings is 2. The zero-order chi connectivity index (χ0) is 24.3. The first-order valence-corrected chi connectivity index (χ1v) is 11.4. The fourth-order valence-corrected chi connectivity index (χ4v) is 4.10. The Morgan fingerprint density at radius 2 is 1.91 bits per heavy atom. The molecule has 0 bridgehead atoms. The van der Waals surface area contributed by atoms with E-state index in [1.165, 1.54) is 0 Å². The molecule has 2 heterocycles. The lowest BCUT2D eigenvalue weighted by molar-refractivity contribution is -0.155. The minimum Gasteiger partial charge on any atom is -0.494 e. The number of aliphatic hydroxyl groups excluding tert-OH is 1. The molecule has 0 unspecified atom stereocenters. The average Bonchev–Trinajstić information content (AvgIpc) is 3.19. The summed E-state index contributed by atoms with van der Waals surface area (Å²) in [6.45, 7) is 5.91. The Morgan fingerprint density at radius 3 is 2.62 bits per heavy atom. The van der Waals surface area contributed by atoms with Crippen LogP contribution in [0, 0.1) is 0 Å². The number of aliphatic hydroxyl groups is 1. The van der Waals surface area contributed by atoms with Crippen LogP contribution in [0.25, 0.3) is 0 Å². The zero-order valence-electron chi connectivity index (χ0n) is 19.7. The predicted molar refractivity (Wildman–Crippen MR) is 127 cm³/mol. The van der Waals surface area contributed by atoms with Crippen molar-refractivity contribution in [1.29, 1.82) is 0 Å². The fraction of sp³-hybridized carbons (Fsp3) is 0.423. The van der Waals surface area contributed by atoms with Gasteiger partial charge < -0.3 is 24.6 Å². The third-order valence-electron chi connectivity index (χ3n) is 5.65. The van der Waals surface area contributed by atoms with Crippen LogP contribution in [0.5, 0.6) is 5.75 Å². The van der Waals surface area contributed by atoms with Crippen LogP contribution in [0.4, 0.5) is 5.69 Å². The van der Waals surface area contributed by atoms with E-state index >= 15 is 0 Å². The van der Waals surface area contributed by atoms with Crippen LogP contribution in [-0.2, 0) is 19.1 Å². The highest BCUT2D eigenvalue weighted by molar-refractivity contribution is 6.07. The maximum Gasteiger partial charge on any atom is 0.306 e. The van der Waals surface area contributed by atoms with Gasteiger partial charge in [0.05, 0.1) is 6.61 Å². The van der Waals surface area contributed by atoms with Crippen LogP contribution < -0.4 is 10.1 Å². The topological polar surface area (TPSA) is 106 Å². The van der Waals surface area contributed by atoms with Gasteiger partial charge in [-0.2, -0.15) is 0 Å². The number of carbonyl (C=O) groups excluding carboxylic acids is 2. The van der Waals surface area contributed by atoms with E-state index in [-0.39, 0.29) is 31.3 Å². The molecular weight excluding hydrogens is 436 g/mol. The van der Waals surface area contributed by atoms with Crippen LogP contribution in [0.2, 0.25) is 0 Å². The molecule has 8 nitrogen and oxygen atoms in total. The monoisotopic (exact) mass is 466 g/mol. The summed E-state index contributed by atoms with van der Waals surface area (Å²) in [4.78, 5) is 30.6. The summed E-state index contributed by atoms with van der Waals surface area (Å²) in [6, 6.07) is 14.7. The number of nitrogens with one attached hydrogen (secondary N) is 1. The van der Waals surface area contributed by atoms with Crippen molar-refractivity contribution in [3.63, 3.8) is 0 Å². The van der Waals surface area contributed by atoms with Crippen molar-refractivity contribution >= 4 is 23.5 Å². The van der Waals surface area contributed by atoms with Gasteiger partial charge in [-0.05, 0) is 57.5 Å². The summed E-state index contributed by atoms with van der Waals surface area (Å²) >= 11 is 0. The molecule has 1 amide bonds. The lowest BCUT2D eigenvalue weighted by Crippen LogP contribution is -2.48. The smallest absolute Gasteiger partial charge is 0.306 e. The molecule has 2 aromatic rings. The second kappa shape index (κ2) is 9.46. The van der Waals surface area contributed by atoms with Gasteiger partial charge in [0, 0.05) is 36.3 Å².